The maximum atomic E-state index is 6.40. The molecule has 3 heteroatoms. The van der Waals surface area contributed by atoms with Crippen LogP contribution in [0.1, 0.15) is 37.8 Å². The van der Waals surface area contributed by atoms with Crippen molar-refractivity contribution >= 4 is 10.9 Å². The fourth-order valence-corrected chi connectivity index (χ4v) is 6.26. The van der Waals surface area contributed by atoms with Gasteiger partial charge in [-0.05, 0) is 54.3 Å². The molecule has 0 atom stereocenters. The van der Waals surface area contributed by atoms with Crippen LogP contribution >= 0.6 is 0 Å². The van der Waals surface area contributed by atoms with Crippen molar-refractivity contribution in [3.8, 4) is 45.3 Å². The number of benzene rings is 5. The molecule has 194 valence electrons. The first-order valence-electron chi connectivity index (χ1n) is 14.0. The third-order valence-electron chi connectivity index (χ3n) is 8.43. The molecular formula is C37H30N2O. The summed E-state index contributed by atoms with van der Waals surface area (Å²) < 4.78 is 6.40. The number of aromatic nitrogens is 2. The lowest BCUT2D eigenvalue weighted by Crippen LogP contribution is -2.30. The van der Waals surface area contributed by atoms with Crippen LogP contribution in [0.15, 0.2) is 121 Å². The van der Waals surface area contributed by atoms with Gasteiger partial charge < -0.3 is 4.74 Å². The monoisotopic (exact) mass is 518 g/mol. The Morgan fingerprint density at radius 3 is 2.08 bits per heavy atom. The minimum absolute atomic E-state index is 0.0795. The van der Waals surface area contributed by atoms with E-state index in [1.807, 2.05) is 18.2 Å². The van der Waals surface area contributed by atoms with Crippen molar-refractivity contribution in [3.05, 3.63) is 132 Å². The molecule has 0 amide bonds. The largest absolute Gasteiger partial charge is 0.457 e. The van der Waals surface area contributed by atoms with Gasteiger partial charge in [0, 0.05) is 33.1 Å². The molecule has 7 rings (SSSR count). The molecular weight excluding hydrogens is 488 g/mol. The molecule has 0 saturated heterocycles. The van der Waals surface area contributed by atoms with Crippen molar-refractivity contribution in [1.29, 1.82) is 0 Å². The van der Waals surface area contributed by atoms with Crippen molar-refractivity contribution in [1.82, 2.24) is 9.97 Å². The molecule has 0 radical (unpaired) electrons. The van der Waals surface area contributed by atoms with Crippen molar-refractivity contribution in [2.24, 2.45) is 0 Å². The molecule has 0 bridgehead atoms. The molecule has 0 spiro atoms. The Bertz CT molecular complexity index is 1850. The molecule has 0 N–H and O–H groups in total. The molecule has 1 aromatic heterocycles. The first-order chi connectivity index (χ1) is 19.7. The van der Waals surface area contributed by atoms with E-state index in [1.54, 1.807) is 0 Å². The molecule has 1 aliphatic rings. The first-order valence-corrected chi connectivity index (χ1v) is 14.0. The van der Waals surface area contributed by atoms with Crippen LogP contribution in [0, 0.1) is 0 Å². The van der Waals surface area contributed by atoms with Crippen molar-refractivity contribution < 1.29 is 4.74 Å². The van der Waals surface area contributed by atoms with E-state index in [2.05, 4.69) is 117 Å². The van der Waals surface area contributed by atoms with Gasteiger partial charge in [-0.3, -0.25) is 0 Å². The molecule has 0 fully saturated rings. The topological polar surface area (TPSA) is 35.0 Å². The highest BCUT2D eigenvalue weighted by molar-refractivity contribution is 5.93. The number of hydrogen-bond donors (Lipinski definition) is 0. The number of para-hydroxylation sites is 2. The SMILES string of the molecule is CCC1(CC)c2ccccc2Oc2ccc(-c3cccc(-c4nc(-c5ccccc5)c5ccccc5n4)c3)cc21. The van der Waals surface area contributed by atoms with Crippen molar-refractivity contribution in [2.75, 3.05) is 0 Å². The van der Waals surface area contributed by atoms with Gasteiger partial charge in [0.15, 0.2) is 5.82 Å². The summed E-state index contributed by atoms with van der Waals surface area (Å²) in [7, 11) is 0. The van der Waals surface area contributed by atoms with Gasteiger partial charge in [-0.2, -0.15) is 0 Å². The van der Waals surface area contributed by atoms with Crippen LogP contribution in [0.25, 0.3) is 44.7 Å². The van der Waals surface area contributed by atoms with E-state index in [-0.39, 0.29) is 5.41 Å². The highest BCUT2D eigenvalue weighted by Gasteiger charge is 2.39. The summed E-state index contributed by atoms with van der Waals surface area (Å²) in [5.41, 5.74) is 8.73. The number of rotatable bonds is 5. The number of fused-ring (bicyclic) bond motifs is 3. The predicted molar refractivity (Wildman–Crippen MR) is 164 cm³/mol. The van der Waals surface area contributed by atoms with Crippen LogP contribution in [0.2, 0.25) is 0 Å². The minimum atomic E-state index is -0.0795. The Hall–Kier alpha value is -4.76. The zero-order valence-electron chi connectivity index (χ0n) is 22.8. The van der Waals surface area contributed by atoms with Crippen LogP contribution in [0.4, 0.5) is 0 Å². The van der Waals surface area contributed by atoms with Gasteiger partial charge in [0.1, 0.15) is 11.5 Å². The Balaban J connectivity index is 1.35. The van der Waals surface area contributed by atoms with E-state index in [4.69, 9.17) is 14.7 Å². The predicted octanol–water partition coefficient (Wildman–Crippen LogP) is 9.84. The molecule has 0 aliphatic carbocycles. The molecule has 5 aromatic carbocycles. The lowest BCUT2D eigenvalue weighted by molar-refractivity contribution is 0.375. The van der Waals surface area contributed by atoms with E-state index >= 15 is 0 Å². The maximum Gasteiger partial charge on any atom is 0.160 e. The van der Waals surface area contributed by atoms with Crippen LogP contribution in [-0.4, -0.2) is 9.97 Å². The average Bonchev–Trinajstić information content (AvgIpc) is 3.03. The van der Waals surface area contributed by atoms with Gasteiger partial charge in [0.2, 0.25) is 0 Å². The van der Waals surface area contributed by atoms with Crippen LogP contribution in [0.5, 0.6) is 11.5 Å². The molecule has 0 unspecified atom stereocenters. The van der Waals surface area contributed by atoms with Crippen molar-refractivity contribution in [3.63, 3.8) is 0 Å². The van der Waals surface area contributed by atoms with E-state index in [1.165, 1.54) is 16.7 Å². The second kappa shape index (κ2) is 9.77. The van der Waals surface area contributed by atoms with Crippen LogP contribution in [0.3, 0.4) is 0 Å². The standard InChI is InChI=1S/C37H30N2O/c1-3-37(4-2)30-18-9-11-20-33(30)40-34-22-21-27(24-31(34)37)26-15-12-16-28(23-26)36-38-32-19-10-8-17-29(32)35(39-36)25-13-6-5-7-14-25/h5-24H,3-4H2,1-2H3. The maximum absolute atomic E-state index is 6.40. The van der Waals surface area contributed by atoms with E-state index < -0.39 is 0 Å². The zero-order chi connectivity index (χ0) is 27.1. The van der Waals surface area contributed by atoms with E-state index in [0.717, 1.165) is 63.5 Å². The number of ether oxygens (including phenoxy) is 1. The highest BCUT2D eigenvalue weighted by Crippen LogP contribution is 2.52. The average molecular weight is 519 g/mol. The smallest absolute Gasteiger partial charge is 0.160 e. The Morgan fingerprint density at radius 2 is 1.23 bits per heavy atom. The Morgan fingerprint density at radius 1 is 0.550 bits per heavy atom. The minimum Gasteiger partial charge on any atom is -0.457 e. The van der Waals surface area contributed by atoms with Gasteiger partial charge in [0.25, 0.3) is 0 Å². The number of hydrogen-bond acceptors (Lipinski definition) is 3. The summed E-state index contributed by atoms with van der Waals surface area (Å²) in [6, 6.07) is 42.3. The summed E-state index contributed by atoms with van der Waals surface area (Å²) in [6.45, 7) is 4.56. The van der Waals surface area contributed by atoms with Gasteiger partial charge in [-0.15, -0.1) is 0 Å². The highest BCUT2D eigenvalue weighted by atomic mass is 16.5. The first kappa shape index (κ1) is 24.3. The lowest BCUT2D eigenvalue weighted by atomic mass is 9.68. The summed E-state index contributed by atoms with van der Waals surface area (Å²) in [5.74, 6) is 2.65. The molecule has 1 aliphatic heterocycles. The van der Waals surface area contributed by atoms with E-state index in [9.17, 15) is 0 Å². The second-order valence-corrected chi connectivity index (χ2v) is 10.5. The summed E-state index contributed by atoms with van der Waals surface area (Å²) in [6.07, 6.45) is 2.01. The molecule has 3 nitrogen and oxygen atoms in total. The summed E-state index contributed by atoms with van der Waals surface area (Å²) >= 11 is 0. The fraction of sp³-hybridized carbons (Fsp3) is 0.135. The quantitative estimate of drug-likeness (QED) is 0.228. The second-order valence-electron chi connectivity index (χ2n) is 10.5. The van der Waals surface area contributed by atoms with Gasteiger partial charge in [0.05, 0.1) is 11.2 Å². The third-order valence-corrected chi connectivity index (χ3v) is 8.43. The van der Waals surface area contributed by atoms with Gasteiger partial charge >= 0.3 is 0 Å². The molecule has 40 heavy (non-hydrogen) atoms. The van der Waals surface area contributed by atoms with E-state index in [0.29, 0.717) is 0 Å². The molecule has 2 heterocycles. The van der Waals surface area contributed by atoms with Crippen molar-refractivity contribution in [2.45, 2.75) is 32.1 Å². The normalized spacial score (nSPS) is 13.3. The zero-order valence-corrected chi connectivity index (χ0v) is 22.8. The van der Waals surface area contributed by atoms with Crippen LogP contribution in [-0.2, 0) is 5.41 Å². The molecule has 0 saturated carbocycles. The Labute approximate surface area is 235 Å². The third kappa shape index (κ3) is 3.89. The number of nitrogens with zero attached hydrogens (tertiary/aromatic N) is 2. The summed E-state index contributed by atoms with van der Waals surface area (Å²) in [4.78, 5) is 10.1. The molecule has 6 aromatic rings. The van der Waals surface area contributed by atoms with Gasteiger partial charge in [-0.1, -0.05) is 105 Å². The Kier molecular flexibility index (Phi) is 5.93. The fourth-order valence-electron chi connectivity index (χ4n) is 6.26. The summed E-state index contributed by atoms with van der Waals surface area (Å²) in [5, 5.41) is 1.05. The van der Waals surface area contributed by atoms with Crippen LogP contribution < -0.4 is 4.74 Å². The van der Waals surface area contributed by atoms with Gasteiger partial charge in [-0.25, -0.2) is 9.97 Å². The lowest BCUT2D eigenvalue weighted by Gasteiger charge is -2.39.